The minimum atomic E-state index is -0.641. The van der Waals surface area contributed by atoms with Gasteiger partial charge in [0.25, 0.3) is 0 Å². The van der Waals surface area contributed by atoms with E-state index >= 15 is 0 Å². The lowest BCUT2D eigenvalue weighted by Crippen LogP contribution is -1.93. The number of rotatable bonds is 5. The molecule has 0 fully saturated rings. The van der Waals surface area contributed by atoms with E-state index in [-0.39, 0.29) is 6.61 Å². The van der Waals surface area contributed by atoms with Gasteiger partial charge >= 0.3 is 0 Å². The lowest BCUT2D eigenvalue weighted by Gasteiger charge is -2.03. The Balaban J connectivity index is 1.97. The Labute approximate surface area is 115 Å². The Morgan fingerprint density at radius 2 is 1.80 bits per heavy atom. The Bertz CT molecular complexity index is 594. The highest BCUT2D eigenvalue weighted by molar-refractivity contribution is 5.82. The quantitative estimate of drug-likeness (QED) is 0.618. The normalized spacial score (nSPS) is 10.8. The van der Waals surface area contributed by atoms with Crippen LogP contribution in [-0.2, 0) is 11.4 Å². The third kappa shape index (κ3) is 3.78. The van der Waals surface area contributed by atoms with Gasteiger partial charge < -0.3 is 9.57 Å². The Morgan fingerprint density at radius 3 is 2.50 bits per heavy atom. The number of para-hydroxylation sites is 1. The number of hydrogen-bond acceptors (Lipinski definition) is 3. The molecule has 2 aromatic carbocycles. The van der Waals surface area contributed by atoms with Gasteiger partial charge in [-0.1, -0.05) is 17.3 Å². The van der Waals surface area contributed by atoms with E-state index in [4.69, 9.17) is 9.57 Å². The molecule has 0 aliphatic rings. The molecule has 0 radical (unpaired) electrons. The van der Waals surface area contributed by atoms with Crippen LogP contribution < -0.4 is 4.74 Å². The van der Waals surface area contributed by atoms with Crippen LogP contribution in [0.25, 0.3) is 0 Å². The van der Waals surface area contributed by atoms with E-state index in [0.29, 0.717) is 11.3 Å². The number of ether oxygens (including phenoxy) is 1. The summed E-state index contributed by atoms with van der Waals surface area (Å²) in [6.07, 6.45) is 1.48. The molecule has 0 unspecified atom stereocenters. The van der Waals surface area contributed by atoms with E-state index in [2.05, 4.69) is 5.16 Å². The lowest BCUT2D eigenvalue weighted by molar-refractivity contribution is 0.131. The van der Waals surface area contributed by atoms with E-state index in [9.17, 15) is 8.78 Å². The van der Waals surface area contributed by atoms with Crippen molar-refractivity contribution in [2.24, 2.45) is 5.16 Å². The molecule has 0 amide bonds. The maximum Gasteiger partial charge on any atom is 0.142 e. The predicted molar refractivity (Wildman–Crippen MR) is 71.7 cm³/mol. The topological polar surface area (TPSA) is 30.8 Å². The van der Waals surface area contributed by atoms with Crippen LogP contribution in [-0.4, -0.2) is 13.3 Å². The van der Waals surface area contributed by atoms with Crippen LogP contribution in [0.4, 0.5) is 8.78 Å². The highest BCUT2D eigenvalue weighted by Crippen LogP contribution is 2.15. The molecule has 0 heterocycles. The highest BCUT2D eigenvalue weighted by Gasteiger charge is 2.01. The van der Waals surface area contributed by atoms with Crippen molar-refractivity contribution in [3.8, 4) is 5.75 Å². The molecular weight excluding hydrogens is 264 g/mol. The van der Waals surface area contributed by atoms with E-state index in [1.165, 1.54) is 18.3 Å². The van der Waals surface area contributed by atoms with Crippen LogP contribution >= 0.6 is 0 Å². The molecule has 0 aliphatic carbocycles. The number of hydrogen-bond donors (Lipinski definition) is 0. The maximum atomic E-state index is 13.0. The fraction of sp³-hybridized carbons (Fsp3) is 0.133. The van der Waals surface area contributed by atoms with Crippen LogP contribution in [0.5, 0.6) is 5.75 Å². The number of halogens is 2. The average Bonchev–Trinajstić information content (AvgIpc) is 2.43. The summed E-state index contributed by atoms with van der Waals surface area (Å²) in [5.41, 5.74) is 1.13. The third-order valence-corrected chi connectivity index (χ3v) is 2.56. The molecule has 0 saturated heterocycles. The zero-order valence-corrected chi connectivity index (χ0v) is 10.8. The number of nitrogens with zero attached hydrogens (tertiary/aromatic N) is 1. The van der Waals surface area contributed by atoms with Crippen LogP contribution in [0.1, 0.15) is 11.1 Å². The highest BCUT2D eigenvalue weighted by atomic mass is 19.1. The first kappa shape index (κ1) is 14.0. The first-order chi connectivity index (χ1) is 9.69. The second-order valence-electron chi connectivity index (χ2n) is 4.03. The van der Waals surface area contributed by atoms with Crippen LogP contribution in [0, 0.1) is 11.6 Å². The predicted octanol–water partition coefficient (Wildman–Crippen LogP) is 3.52. The zero-order chi connectivity index (χ0) is 14.4. The van der Waals surface area contributed by atoms with Gasteiger partial charge in [-0.15, -0.1) is 0 Å². The molecular formula is C15H13F2NO2. The molecule has 3 nitrogen and oxygen atoms in total. The lowest BCUT2D eigenvalue weighted by atomic mass is 10.2. The monoisotopic (exact) mass is 277 g/mol. The van der Waals surface area contributed by atoms with Crippen molar-refractivity contribution in [2.45, 2.75) is 6.61 Å². The van der Waals surface area contributed by atoms with Gasteiger partial charge in [-0.3, -0.25) is 0 Å². The van der Waals surface area contributed by atoms with Gasteiger partial charge in [0.05, 0.1) is 13.3 Å². The van der Waals surface area contributed by atoms with Crippen LogP contribution in [0.15, 0.2) is 47.6 Å². The summed E-state index contributed by atoms with van der Waals surface area (Å²) in [6.45, 7) is -0.0136. The SMILES string of the molecule is COc1ccccc1C=NOCc1cc(F)cc(F)c1. The average molecular weight is 277 g/mol. The van der Waals surface area contributed by atoms with Gasteiger partial charge in [-0.05, 0) is 29.8 Å². The molecule has 20 heavy (non-hydrogen) atoms. The number of benzene rings is 2. The van der Waals surface area contributed by atoms with Gasteiger partial charge in [0.15, 0.2) is 0 Å². The third-order valence-electron chi connectivity index (χ3n) is 2.56. The summed E-state index contributed by atoms with van der Waals surface area (Å²) in [5.74, 6) is -0.619. The van der Waals surface area contributed by atoms with Crippen molar-refractivity contribution in [3.63, 3.8) is 0 Å². The fourth-order valence-electron chi connectivity index (χ4n) is 1.67. The minimum Gasteiger partial charge on any atom is -0.496 e. The molecule has 5 heteroatoms. The molecule has 104 valence electrons. The summed E-state index contributed by atoms with van der Waals surface area (Å²) < 4.78 is 31.0. The molecule has 2 rings (SSSR count). The molecule has 0 aromatic heterocycles. The van der Waals surface area contributed by atoms with E-state index in [1.807, 2.05) is 18.2 Å². The second kappa shape index (κ2) is 6.65. The summed E-state index contributed by atoms with van der Waals surface area (Å²) in [5, 5.41) is 3.75. The molecule has 0 aliphatic heterocycles. The standard InChI is InChI=1S/C15H13F2NO2/c1-19-15-5-3-2-4-12(15)9-18-20-10-11-6-13(16)8-14(17)7-11/h2-9H,10H2,1H3. The molecule has 2 aromatic rings. The Morgan fingerprint density at radius 1 is 1.10 bits per heavy atom. The van der Waals surface area contributed by atoms with Crippen molar-refractivity contribution in [2.75, 3.05) is 7.11 Å². The van der Waals surface area contributed by atoms with Crippen molar-refractivity contribution in [3.05, 3.63) is 65.2 Å². The summed E-state index contributed by atoms with van der Waals surface area (Å²) in [7, 11) is 1.56. The van der Waals surface area contributed by atoms with Crippen molar-refractivity contribution in [1.82, 2.24) is 0 Å². The van der Waals surface area contributed by atoms with Crippen molar-refractivity contribution in [1.29, 1.82) is 0 Å². The first-order valence-corrected chi connectivity index (χ1v) is 5.92. The van der Waals surface area contributed by atoms with Crippen LogP contribution in [0.2, 0.25) is 0 Å². The Kier molecular flexibility index (Phi) is 4.65. The fourth-order valence-corrected chi connectivity index (χ4v) is 1.67. The molecule has 0 saturated carbocycles. The number of methoxy groups -OCH3 is 1. The van der Waals surface area contributed by atoms with Crippen molar-refractivity contribution < 1.29 is 18.4 Å². The summed E-state index contributed by atoms with van der Waals surface area (Å²) in [6, 6.07) is 10.5. The van der Waals surface area contributed by atoms with Gasteiger partial charge in [0.2, 0.25) is 0 Å². The van der Waals surface area contributed by atoms with Gasteiger partial charge in [-0.25, -0.2) is 8.78 Å². The van der Waals surface area contributed by atoms with Gasteiger partial charge in [-0.2, -0.15) is 0 Å². The molecule has 0 N–H and O–H groups in total. The smallest absolute Gasteiger partial charge is 0.142 e. The van der Waals surface area contributed by atoms with Crippen molar-refractivity contribution >= 4 is 6.21 Å². The number of oxime groups is 1. The summed E-state index contributed by atoms with van der Waals surface area (Å²) >= 11 is 0. The Hall–Kier alpha value is -2.43. The van der Waals surface area contributed by atoms with Crippen LogP contribution in [0.3, 0.4) is 0 Å². The molecule has 0 spiro atoms. The van der Waals surface area contributed by atoms with Gasteiger partial charge in [0, 0.05) is 11.6 Å². The largest absolute Gasteiger partial charge is 0.496 e. The second-order valence-corrected chi connectivity index (χ2v) is 4.03. The molecule has 0 bridgehead atoms. The minimum absolute atomic E-state index is 0.0136. The summed E-state index contributed by atoms with van der Waals surface area (Å²) in [4.78, 5) is 5.01. The maximum absolute atomic E-state index is 13.0. The van der Waals surface area contributed by atoms with Gasteiger partial charge in [0.1, 0.15) is 24.0 Å². The zero-order valence-electron chi connectivity index (χ0n) is 10.8. The van der Waals surface area contributed by atoms with E-state index < -0.39 is 11.6 Å². The van der Waals surface area contributed by atoms with E-state index in [0.717, 1.165) is 11.6 Å². The van der Waals surface area contributed by atoms with E-state index in [1.54, 1.807) is 13.2 Å². The molecule has 0 atom stereocenters. The first-order valence-electron chi connectivity index (χ1n) is 5.92.